The highest BCUT2D eigenvalue weighted by molar-refractivity contribution is 5.92. The average molecular weight is 299 g/mol. The van der Waals surface area contributed by atoms with Gasteiger partial charge in [-0.2, -0.15) is 0 Å². The molecule has 0 saturated carbocycles. The van der Waals surface area contributed by atoms with E-state index in [1.165, 1.54) is 5.56 Å². The summed E-state index contributed by atoms with van der Waals surface area (Å²) in [5, 5.41) is 6.33. The standard InChI is InChI=1S/C16H26N2O.ClH/c1-11-9-12(2)15(13(3)10-11)18-14(19)7-8-17-16(4,5)6;/h9-10,17H,7-8H2,1-6H3,(H,18,19);1H. The third-order valence-electron chi connectivity index (χ3n) is 2.95. The summed E-state index contributed by atoms with van der Waals surface area (Å²) in [6, 6.07) is 4.19. The quantitative estimate of drug-likeness (QED) is 0.889. The number of rotatable bonds is 4. The van der Waals surface area contributed by atoms with Crippen molar-refractivity contribution in [2.45, 2.75) is 53.5 Å². The summed E-state index contributed by atoms with van der Waals surface area (Å²) in [4.78, 5) is 11.9. The van der Waals surface area contributed by atoms with Gasteiger partial charge in [0, 0.05) is 24.2 Å². The lowest BCUT2D eigenvalue weighted by molar-refractivity contribution is -0.116. The Morgan fingerprint density at radius 1 is 1.10 bits per heavy atom. The van der Waals surface area contributed by atoms with Gasteiger partial charge in [0.1, 0.15) is 0 Å². The van der Waals surface area contributed by atoms with Crippen LogP contribution in [0.2, 0.25) is 0 Å². The van der Waals surface area contributed by atoms with Crippen molar-refractivity contribution in [1.29, 1.82) is 0 Å². The molecule has 0 unspecified atom stereocenters. The van der Waals surface area contributed by atoms with Gasteiger partial charge in [-0.3, -0.25) is 4.79 Å². The molecular weight excluding hydrogens is 272 g/mol. The smallest absolute Gasteiger partial charge is 0.225 e. The van der Waals surface area contributed by atoms with Crippen molar-refractivity contribution in [1.82, 2.24) is 5.32 Å². The lowest BCUT2D eigenvalue weighted by atomic mass is 10.0. The molecule has 0 aliphatic rings. The molecule has 0 aliphatic carbocycles. The molecule has 0 atom stereocenters. The molecule has 0 heterocycles. The number of nitrogens with one attached hydrogen (secondary N) is 2. The van der Waals surface area contributed by atoms with Crippen molar-refractivity contribution in [3.8, 4) is 0 Å². The first-order valence-corrected chi connectivity index (χ1v) is 6.82. The topological polar surface area (TPSA) is 41.1 Å². The average Bonchev–Trinajstić information content (AvgIpc) is 2.21. The molecule has 2 N–H and O–H groups in total. The molecule has 0 aliphatic heterocycles. The van der Waals surface area contributed by atoms with Crippen molar-refractivity contribution in [3.63, 3.8) is 0 Å². The zero-order chi connectivity index (χ0) is 14.6. The summed E-state index contributed by atoms with van der Waals surface area (Å²) in [5.41, 5.74) is 4.47. The molecule has 1 rings (SSSR count). The minimum absolute atomic E-state index is 0. The molecule has 4 heteroatoms. The van der Waals surface area contributed by atoms with Gasteiger partial charge in [0.25, 0.3) is 0 Å². The Morgan fingerprint density at radius 3 is 2.05 bits per heavy atom. The predicted octanol–water partition coefficient (Wildman–Crippen LogP) is 3.75. The minimum atomic E-state index is 0. The van der Waals surface area contributed by atoms with Gasteiger partial charge in [-0.05, 0) is 52.7 Å². The second kappa shape index (κ2) is 7.65. The highest BCUT2D eigenvalue weighted by Crippen LogP contribution is 2.21. The molecule has 0 aromatic heterocycles. The van der Waals surface area contributed by atoms with E-state index in [9.17, 15) is 4.79 Å². The van der Waals surface area contributed by atoms with Crippen molar-refractivity contribution in [2.75, 3.05) is 11.9 Å². The molecule has 0 spiro atoms. The fourth-order valence-electron chi connectivity index (χ4n) is 2.13. The summed E-state index contributed by atoms with van der Waals surface area (Å²) in [6.07, 6.45) is 0.490. The number of halogens is 1. The van der Waals surface area contributed by atoms with Gasteiger partial charge in [-0.25, -0.2) is 0 Å². The third kappa shape index (κ3) is 6.40. The van der Waals surface area contributed by atoms with Gasteiger partial charge in [0.15, 0.2) is 0 Å². The van der Waals surface area contributed by atoms with Crippen molar-refractivity contribution < 1.29 is 4.79 Å². The van der Waals surface area contributed by atoms with Gasteiger partial charge < -0.3 is 10.6 Å². The molecule has 114 valence electrons. The first kappa shape index (κ1) is 18.9. The van der Waals surface area contributed by atoms with E-state index in [2.05, 4.69) is 50.5 Å². The second-order valence-electron chi connectivity index (χ2n) is 6.25. The monoisotopic (exact) mass is 298 g/mol. The molecule has 0 saturated heterocycles. The molecule has 0 bridgehead atoms. The van der Waals surface area contributed by atoms with Crippen LogP contribution in [0, 0.1) is 20.8 Å². The largest absolute Gasteiger partial charge is 0.326 e. The van der Waals surface area contributed by atoms with Gasteiger partial charge in [0.2, 0.25) is 5.91 Å². The highest BCUT2D eigenvalue weighted by atomic mass is 35.5. The summed E-state index contributed by atoms with van der Waals surface area (Å²) in [6.45, 7) is 13.1. The van der Waals surface area contributed by atoms with Crippen LogP contribution in [0.4, 0.5) is 5.69 Å². The Balaban J connectivity index is 0.00000361. The van der Waals surface area contributed by atoms with Crippen LogP contribution in [0.3, 0.4) is 0 Å². The fraction of sp³-hybridized carbons (Fsp3) is 0.562. The number of hydrogen-bond donors (Lipinski definition) is 2. The van der Waals surface area contributed by atoms with Crippen LogP contribution >= 0.6 is 12.4 Å². The Morgan fingerprint density at radius 2 is 1.60 bits per heavy atom. The molecule has 1 amide bonds. The van der Waals surface area contributed by atoms with Crippen LogP contribution in [0.15, 0.2) is 12.1 Å². The van der Waals surface area contributed by atoms with Gasteiger partial charge >= 0.3 is 0 Å². The summed E-state index contributed by atoms with van der Waals surface area (Å²) >= 11 is 0. The normalized spacial score (nSPS) is 10.9. The predicted molar refractivity (Wildman–Crippen MR) is 88.9 cm³/mol. The Kier molecular flexibility index (Phi) is 7.25. The van der Waals surface area contributed by atoms with E-state index in [0.29, 0.717) is 13.0 Å². The summed E-state index contributed by atoms with van der Waals surface area (Å²) in [7, 11) is 0. The van der Waals surface area contributed by atoms with Crippen LogP contribution < -0.4 is 10.6 Å². The maximum atomic E-state index is 11.9. The minimum Gasteiger partial charge on any atom is -0.326 e. The van der Waals surface area contributed by atoms with Gasteiger partial charge in [0.05, 0.1) is 0 Å². The molecule has 0 fully saturated rings. The highest BCUT2D eigenvalue weighted by Gasteiger charge is 2.11. The second-order valence-corrected chi connectivity index (χ2v) is 6.25. The number of aryl methyl sites for hydroxylation is 3. The van der Waals surface area contributed by atoms with Crippen LogP contribution in [-0.4, -0.2) is 18.0 Å². The molecule has 1 aromatic carbocycles. The van der Waals surface area contributed by atoms with Crippen molar-refractivity contribution in [3.05, 3.63) is 28.8 Å². The SMILES string of the molecule is Cc1cc(C)c(NC(=O)CCNC(C)(C)C)c(C)c1.Cl. The third-order valence-corrected chi connectivity index (χ3v) is 2.95. The molecule has 1 aromatic rings. The summed E-state index contributed by atoms with van der Waals surface area (Å²) < 4.78 is 0. The van der Waals surface area contributed by atoms with E-state index in [1.807, 2.05) is 13.8 Å². The summed E-state index contributed by atoms with van der Waals surface area (Å²) in [5.74, 6) is 0.0619. The van der Waals surface area contributed by atoms with Gasteiger partial charge in [-0.15, -0.1) is 12.4 Å². The first-order valence-electron chi connectivity index (χ1n) is 6.82. The number of carbonyl (C=O) groups excluding carboxylic acids is 1. The zero-order valence-electron chi connectivity index (χ0n) is 13.4. The lowest BCUT2D eigenvalue weighted by Crippen LogP contribution is -2.37. The van der Waals surface area contributed by atoms with Crippen LogP contribution in [-0.2, 0) is 4.79 Å². The maximum absolute atomic E-state index is 11.9. The number of amides is 1. The van der Waals surface area contributed by atoms with E-state index in [4.69, 9.17) is 0 Å². The first-order chi connectivity index (χ1) is 8.69. The van der Waals surface area contributed by atoms with E-state index in [1.54, 1.807) is 0 Å². The molecule has 0 radical (unpaired) electrons. The van der Waals surface area contributed by atoms with Crippen LogP contribution in [0.1, 0.15) is 43.9 Å². The van der Waals surface area contributed by atoms with Crippen LogP contribution in [0.25, 0.3) is 0 Å². The van der Waals surface area contributed by atoms with E-state index >= 15 is 0 Å². The fourth-order valence-corrected chi connectivity index (χ4v) is 2.13. The number of carbonyl (C=O) groups is 1. The van der Waals surface area contributed by atoms with E-state index in [0.717, 1.165) is 16.8 Å². The van der Waals surface area contributed by atoms with Gasteiger partial charge in [-0.1, -0.05) is 17.7 Å². The van der Waals surface area contributed by atoms with Crippen LogP contribution in [0.5, 0.6) is 0 Å². The Bertz CT molecular complexity index is 441. The lowest BCUT2D eigenvalue weighted by Gasteiger charge is -2.20. The molecule has 20 heavy (non-hydrogen) atoms. The van der Waals surface area contributed by atoms with Crippen molar-refractivity contribution >= 4 is 24.0 Å². The van der Waals surface area contributed by atoms with E-state index in [-0.39, 0.29) is 23.9 Å². The Hall–Kier alpha value is -1.06. The molecule has 3 nitrogen and oxygen atoms in total. The Labute approximate surface area is 128 Å². The van der Waals surface area contributed by atoms with Crippen molar-refractivity contribution in [2.24, 2.45) is 0 Å². The number of hydrogen-bond acceptors (Lipinski definition) is 2. The zero-order valence-corrected chi connectivity index (χ0v) is 14.2. The number of benzene rings is 1. The molecular formula is C16H27ClN2O. The van der Waals surface area contributed by atoms with E-state index < -0.39 is 0 Å². The maximum Gasteiger partial charge on any atom is 0.225 e. The number of anilines is 1.